The highest BCUT2D eigenvalue weighted by atomic mass is 32.1. The molecule has 2 amide bonds. The summed E-state index contributed by atoms with van der Waals surface area (Å²) >= 11 is 1.64. The molecule has 0 saturated heterocycles. The second kappa shape index (κ2) is 8.51. The van der Waals surface area contributed by atoms with Crippen LogP contribution in [-0.4, -0.2) is 29.2 Å². The van der Waals surface area contributed by atoms with Gasteiger partial charge in [0.15, 0.2) is 0 Å². The fourth-order valence-electron chi connectivity index (χ4n) is 2.03. The van der Waals surface area contributed by atoms with Crippen molar-refractivity contribution in [3.05, 3.63) is 52.0 Å². The van der Waals surface area contributed by atoms with Crippen LogP contribution >= 0.6 is 11.3 Å². The Hall–Kier alpha value is -1.92. The number of nitrogens with one attached hydrogen (secondary N) is 2. The normalized spacial score (nSPS) is 11.9. The largest absolute Gasteiger partial charge is 0.388 e. The summed E-state index contributed by atoms with van der Waals surface area (Å²) < 4.78 is 0. The molecule has 118 valence electrons. The molecule has 3 N–H and O–H groups in total. The van der Waals surface area contributed by atoms with Crippen LogP contribution in [0, 0.1) is 6.92 Å². The minimum atomic E-state index is -0.556. The summed E-state index contributed by atoms with van der Waals surface area (Å²) in [4.78, 5) is 17.1. The lowest BCUT2D eigenvalue weighted by Gasteiger charge is -2.12. The smallest absolute Gasteiger partial charge is 0.314 e. The third kappa shape index (κ3) is 5.46. The van der Waals surface area contributed by atoms with Crippen LogP contribution in [0.5, 0.6) is 0 Å². The average molecular weight is 319 g/mol. The van der Waals surface area contributed by atoms with Gasteiger partial charge in [0.05, 0.1) is 11.1 Å². The summed E-state index contributed by atoms with van der Waals surface area (Å²) in [7, 11) is 0. The summed E-state index contributed by atoms with van der Waals surface area (Å²) in [5.41, 5.74) is 0.865. The molecule has 22 heavy (non-hydrogen) atoms. The number of aromatic nitrogens is 1. The van der Waals surface area contributed by atoms with Crippen molar-refractivity contribution in [3.8, 4) is 0 Å². The summed E-state index contributed by atoms with van der Waals surface area (Å²) in [6, 6.07) is 9.22. The lowest BCUT2D eigenvalue weighted by atomic mass is 10.1. The highest BCUT2D eigenvalue weighted by molar-refractivity contribution is 7.11. The van der Waals surface area contributed by atoms with Crippen molar-refractivity contribution >= 4 is 17.4 Å². The van der Waals surface area contributed by atoms with Crippen molar-refractivity contribution in [3.63, 3.8) is 0 Å². The van der Waals surface area contributed by atoms with Gasteiger partial charge in [-0.25, -0.2) is 9.78 Å². The fourth-order valence-corrected chi connectivity index (χ4v) is 2.81. The van der Waals surface area contributed by atoms with E-state index < -0.39 is 6.10 Å². The van der Waals surface area contributed by atoms with Gasteiger partial charge in [-0.05, 0) is 18.9 Å². The number of amides is 2. The average Bonchev–Trinajstić information content (AvgIpc) is 2.93. The molecule has 5 nitrogen and oxygen atoms in total. The standard InChI is InChI=1S/C16H21N3O2S/c1-12-11-19-15(22-12)8-10-18-16(21)17-9-7-14(20)13-5-3-2-4-6-13/h2-6,11,14,20H,7-10H2,1H3,(H2,17,18,21). The minimum Gasteiger partial charge on any atom is -0.388 e. The van der Waals surface area contributed by atoms with E-state index in [0.29, 0.717) is 19.5 Å². The number of benzene rings is 1. The Morgan fingerprint density at radius 2 is 2.00 bits per heavy atom. The predicted molar refractivity (Wildman–Crippen MR) is 88.0 cm³/mol. The number of aliphatic hydroxyl groups excluding tert-OH is 1. The number of urea groups is 1. The number of aryl methyl sites for hydroxylation is 1. The van der Waals surface area contributed by atoms with Crippen LogP contribution in [0.4, 0.5) is 4.79 Å². The lowest BCUT2D eigenvalue weighted by molar-refractivity contribution is 0.167. The zero-order valence-electron chi connectivity index (χ0n) is 12.6. The molecule has 0 aliphatic heterocycles. The van der Waals surface area contributed by atoms with Gasteiger partial charge in [-0.1, -0.05) is 30.3 Å². The number of nitrogens with zero attached hydrogens (tertiary/aromatic N) is 1. The van der Waals surface area contributed by atoms with Crippen molar-refractivity contribution in [2.75, 3.05) is 13.1 Å². The number of thiazole rings is 1. The topological polar surface area (TPSA) is 74.2 Å². The molecule has 6 heteroatoms. The first kappa shape index (κ1) is 16.5. The third-order valence-electron chi connectivity index (χ3n) is 3.18. The van der Waals surface area contributed by atoms with Gasteiger partial charge in [-0.3, -0.25) is 0 Å². The molecule has 0 fully saturated rings. The van der Waals surface area contributed by atoms with Gasteiger partial charge in [0.25, 0.3) is 0 Å². The zero-order valence-corrected chi connectivity index (χ0v) is 13.4. The van der Waals surface area contributed by atoms with Crippen molar-refractivity contribution in [2.45, 2.75) is 25.9 Å². The molecule has 1 aromatic carbocycles. The number of carbonyl (C=O) groups excluding carboxylic acids is 1. The highest BCUT2D eigenvalue weighted by Gasteiger charge is 2.07. The molecule has 2 aromatic rings. The van der Waals surface area contributed by atoms with Gasteiger partial charge < -0.3 is 15.7 Å². The molecule has 0 saturated carbocycles. The first-order valence-electron chi connectivity index (χ1n) is 7.31. The molecule has 1 aromatic heterocycles. The van der Waals surface area contributed by atoms with Gasteiger partial charge in [-0.2, -0.15) is 0 Å². The zero-order chi connectivity index (χ0) is 15.8. The third-order valence-corrected chi connectivity index (χ3v) is 4.15. The van der Waals surface area contributed by atoms with E-state index in [1.54, 1.807) is 11.3 Å². The van der Waals surface area contributed by atoms with E-state index >= 15 is 0 Å². The quantitative estimate of drug-likeness (QED) is 0.734. The van der Waals surface area contributed by atoms with E-state index in [-0.39, 0.29) is 6.03 Å². The minimum absolute atomic E-state index is 0.214. The van der Waals surface area contributed by atoms with Crippen LogP contribution in [-0.2, 0) is 6.42 Å². The van der Waals surface area contributed by atoms with Crippen LogP contribution < -0.4 is 10.6 Å². The van der Waals surface area contributed by atoms with Gasteiger partial charge in [0.2, 0.25) is 0 Å². The summed E-state index contributed by atoms with van der Waals surface area (Å²) in [5, 5.41) is 16.5. The Balaban J connectivity index is 1.59. The van der Waals surface area contributed by atoms with Crippen LogP contribution in [0.1, 0.15) is 28.0 Å². The number of carbonyl (C=O) groups is 1. The maximum atomic E-state index is 11.6. The molecule has 0 aliphatic carbocycles. The second-order valence-electron chi connectivity index (χ2n) is 5.01. The molecule has 0 bridgehead atoms. The van der Waals surface area contributed by atoms with E-state index in [4.69, 9.17) is 0 Å². The predicted octanol–water partition coefficient (Wildman–Crippen LogP) is 2.42. The number of hydrogen-bond donors (Lipinski definition) is 3. The maximum Gasteiger partial charge on any atom is 0.314 e. The summed E-state index contributed by atoms with van der Waals surface area (Å²) in [5.74, 6) is 0. The van der Waals surface area contributed by atoms with Crippen molar-refractivity contribution in [1.29, 1.82) is 0 Å². The van der Waals surface area contributed by atoms with E-state index in [1.807, 2.05) is 43.5 Å². The van der Waals surface area contributed by atoms with E-state index in [1.165, 1.54) is 4.88 Å². The molecule has 1 heterocycles. The maximum absolute atomic E-state index is 11.6. The molecule has 0 radical (unpaired) electrons. The summed E-state index contributed by atoms with van der Waals surface area (Å²) in [6.07, 6.45) is 2.51. The fraction of sp³-hybridized carbons (Fsp3) is 0.375. The van der Waals surface area contributed by atoms with E-state index in [0.717, 1.165) is 17.0 Å². The van der Waals surface area contributed by atoms with Gasteiger partial charge in [0, 0.05) is 30.6 Å². The molecular weight excluding hydrogens is 298 g/mol. The Bertz CT molecular complexity index is 586. The molecule has 2 rings (SSSR count). The van der Waals surface area contributed by atoms with Crippen molar-refractivity contribution in [2.24, 2.45) is 0 Å². The van der Waals surface area contributed by atoms with E-state index in [9.17, 15) is 9.90 Å². The van der Waals surface area contributed by atoms with Crippen molar-refractivity contribution < 1.29 is 9.90 Å². The van der Waals surface area contributed by atoms with Crippen LogP contribution in [0.2, 0.25) is 0 Å². The lowest BCUT2D eigenvalue weighted by Crippen LogP contribution is -2.37. The molecule has 0 aliphatic rings. The van der Waals surface area contributed by atoms with Crippen molar-refractivity contribution in [1.82, 2.24) is 15.6 Å². The molecule has 1 atom stereocenters. The molecule has 0 spiro atoms. The van der Waals surface area contributed by atoms with E-state index in [2.05, 4.69) is 15.6 Å². The van der Waals surface area contributed by atoms with Crippen LogP contribution in [0.3, 0.4) is 0 Å². The molecular formula is C16H21N3O2S. The van der Waals surface area contributed by atoms with Crippen LogP contribution in [0.25, 0.3) is 0 Å². The molecule has 1 unspecified atom stereocenters. The number of hydrogen-bond acceptors (Lipinski definition) is 4. The Morgan fingerprint density at radius 1 is 1.27 bits per heavy atom. The van der Waals surface area contributed by atoms with Gasteiger partial charge in [0.1, 0.15) is 0 Å². The highest BCUT2D eigenvalue weighted by Crippen LogP contribution is 2.14. The SMILES string of the molecule is Cc1cnc(CCNC(=O)NCCC(O)c2ccccc2)s1. The first-order valence-corrected chi connectivity index (χ1v) is 8.13. The van der Waals surface area contributed by atoms with Crippen LogP contribution in [0.15, 0.2) is 36.5 Å². The first-order chi connectivity index (χ1) is 10.6. The Kier molecular flexibility index (Phi) is 6.36. The Morgan fingerprint density at radius 3 is 2.68 bits per heavy atom. The van der Waals surface area contributed by atoms with Gasteiger partial charge >= 0.3 is 6.03 Å². The Labute approximate surface area is 134 Å². The van der Waals surface area contributed by atoms with Gasteiger partial charge in [-0.15, -0.1) is 11.3 Å². The monoisotopic (exact) mass is 319 g/mol. The number of aliphatic hydroxyl groups is 1. The number of rotatable bonds is 7. The summed E-state index contributed by atoms with van der Waals surface area (Å²) in [6.45, 7) is 3.00. The second-order valence-corrected chi connectivity index (χ2v) is 6.33.